The predicted molar refractivity (Wildman–Crippen MR) is 77.2 cm³/mol. The number of fused-ring (bicyclic) bond motifs is 1. The average Bonchev–Trinajstić information content (AvgIpc) is 2.44. The van der Waals surface area contributed by atoms with Crippen molar-refractivity contribution in [2.24, 2.45) is 0 Å². The largest absolute Gasteiger partial charge is 0.474 e. The van der Waals surface area contributed by atoms with Gasteiger partial charge in [0.25, 0.3) is 5.88 Å². The molecule has 19 heavy (non-hydrogen) atoms. The Morgan fingerprint density at radius 1 is 1.11 bits per heavy atom. The van der Waals surface area contributed by atoms with E-state index in [0.717, 1.165) is 30.7 Å². The molecule has 0 bridgehead atoms. The van der Waals surface area contributed by atoms with E-state index in [-0.39, 0.29) is 0 Å². The Morgan fingerprint density at radius 2 is 1.74 bits per heavy atom. The normalized spacial score (nSPS) is 11.1. The minimum absolute atomic E-state index is 0.346. The number of benzene rings is 1. The first-order valence-electron chi connectivity index (χ1n) is 6.62. The van der Waals surface area contributed by atoms with Crippen molar-refractivity contribution in [3.05, 3.63) is 24.3 Å². The van der Waals surface area contributed by atoms with E-state index in [9.17, 15) is 0 Å². The molecule has 0 spiro atoms. The smallest absolute Gasteiger partial charge is 0.257 e. The number of ether oxygens (including phenoxy) is 1. The number of likely N-dealkylation sites (N-methyl/N-ethyl adjacent to an activating group) is 1. The molecule has 1 aromatic carbocycles. The van der Waals surface area contributed by atoms with Gasteiger partial charge >= 0.3 is 0 Å². The number of nitrogens with zero attached hydrogens (tertiary/aromatic N) is 3. The molecule has 2 rings (SSSR count). The molecule has 0 aliphatic rings. The lowest BCUT2D eigenvalue weighted by Gasteiger charge is -2.18. The van der Waals surface area contributed by atoms with Crippen LogP contribution in [0.5, 0.6) is 5.88 Å². The fourth-order valence-electron chi connectivity index (χ4n) is 1.91. The van der Waals surface area contributed by atoms with Crippen molar-refractivity contribution < 1.29 is 4.74 Å². The summed E-state index contributed by atoms with van der Waals surface area (Å²) in [5, 5.41) is 0. The summed E-state index contributed by atoms with van der Waals surface area (Å²) in [4.78, 5) is 11.0. The van der Waals surface area contributed by atoms with Crippen molar-refractivity contribution >= 4 is 16.9 Å². The van der Waals surface area contributed by atoms with Crippen molar-refractivity contribution in [2.75, 3.05) is 32.0 Å². The molecule has 2 N–H and O–H groups in total. The van der Waals surface area contributed by atoms with Crippen LogP contribution < -0.4 is 10.5 Å². The third kappa shape index (κ3) is 3.32. The SMILES string of the molecule is CCN(CC)CCOc1nc2ccccc2nc1N. The number of anilines is 1. The summed E-state index contributed by atoms with van der Waals surface area (Å²) in [5.74, 6) is 0.768. The van der Waals surface area contributed by atoms with Gasteiger partial charge in [-0.1, -0.05) is 26.0 Å². The van der Waals surface area contributed by atoms with Crippen LogP contribution in [0.2, 0.25) is 0 Å². The number of rotatable bonds is 6. The molecule has 0 atom stereocenters. The van der Waals surface area contributed by atoms with Gasteiger partial charge in [0.05, 0.1) is 11.0 Å². The molecule has 0 aliphatic carbocycles. The van der Waals surface area contributed by atoms with Crippen LogP contribution in [-0.4, -0.2) is 41.1 Å². The van der Waals surface area contributed by atoms with Crippen LogP contribution in [0, 0.1) is 0 Å². The van der Waals surface area contributed by atoms with E-state index in [0.29, 0.717) is 18.3 Å². The van der Waals surface area contributed by atoms with Crippen molar-refractivity contribution in [1.82, 2.24) is 14.9 Å². The summed E-state index contributed by atoms with van der Waals surface area (Å²) in [7, 11) is 0. The molecule has 2 aromatic rings. The second kappa shape index (κ2) is 6.33. The highest BCUT2D eigenvalue weighted by atomic mass is 16.5. The first-order chi connectivity index (χ1) is 9.24. The molecule has 0 amide bonds. The number of hydrogen-bond donors (Lipinski definition) is 1. The van der Waals surface area contributed by atoms with Gasteiger partial charge in [0, 0.05) is 6.54 Å². The Kier molecular flexibility index (Phi) is 4.52. The fraction of sp³-hybridized carbons (Fsp3) is 0.429. The highest BCUT2D eigenvalue weighted by molar-refractivity contribution is 5.76. The first-order valence-corrected chi connectivity index (χ1v) is 6.62. The quantitative estimate of drug-likeness (QED) is 0.859. The molecule has 0 aliphatic heterocycles. The van der Waals surface area contributed by atoms with E-state index in [1.165, 1.54) is 0 Å². The standard InChI is InChI=1S/C14H20N4O/c1-3-18(4-2)9-10-19-14-13(15)16-11-7-5-6-8-12(11)17-14/h5-8H,3-4,9-10H2,1-2H3,(H2,15,16). The molecule has 0 saturated carbocycles. The number of hydrogen-bond acceptors (Lipinski definition) is 5. The van der Waals surface area contributed by atoms with Crippen LogP contribution in [0.3, 0.4) is 0 Å². The molecule has 1 heterocycles. The van der Waals surface area contributed by atoms with E-state index in [2.05, 4.69) is 28.7 Å². The maximum atomic E-state index is 5.86. The Labute approximate surface area is 113 Å². The average molecular weight is 260 g/mol. The monoisotopic (exact) mass is 260 g/mol. The Bertz CT molecular complexity index is 540. The van der Waals surface area contributed by atoms with Gasteiger partial charge in [0.1, 0.15) is 6.61 Å². The summed E-state index contributed by atoms with van der Waals surface area (Å²) in [6, 6.07) is 7.63. The third-order valence-corrected chi connectivity index (χ3v) is 3.10. The van der Waals surface area contributed by atoms with E-state index in [1.807, 2.05) is 24.3 Å². The van der Waals surface area contributed by atoms with Gasteiger partial charge in [-0.3, -0.25) is 0 Å². The Balaban J connectivity index is 2.06. The molecule has 0 saturated heterocycles. The zero-order valence-electron chi connectivity index (χ0n) is 11.5. The molecule has 0 unspecified atom stereocenters. The second-order valence-electron chi connectivity index (χ2n) is 4.28. The van der Waals surface area contributed by atoms with Gasteiger partial charge in [-0.25, -0.2) is 9.97 Å². The third-order valence-electron chi connectivity index (χ3n) is 3.10. The van der Waals surface area contributed by atoms with Crippen molar-refractivity contribution in [3.63, 3.8) is 0 Å². The lowest BCUT2D eigenvalue weighted by Crippen LogP contribution is -2.28. The van der Waals surface area contributed by atoms with Crippen LogP contribution in [0.4, 0.5) is 5.82 Å². The second-order valence-corrected chi connectivity index (χ2v) is 4.28. The van der Waals surface area contributed by atoms with Gasteiger partial charge < -0.3 is 15.4 Å². The van der Waals surface area contributed by atoms with Gasteiger partial charge in [0.2, 0.25) is 0 Å². The van der Waals surface area contributed by atoms with Gasteiger partial charge in [-0.2, -0.15) is 0 Å². The molecule has 1 aromatic heterocycles. The predicted octanol–water partition coefficient (Wildman–Crippen LogP) is 1.93. The van der Waals surface area contributed by atoms with Crippen molar-refractivity contribution in [2.45, 2.75) is 13.8 Å². The van der Waals surface area contributed by atoms with Crippen LogP contribution in [-0.2, 0) is 0 Å². The van der Waals surface area contributed by atoms with E-state index in [1.54, 1.807) is 0 Å². The first kappa shape index (κ1) is 13.5. The summed E-state index contributed by atoms with van der Waals surface area (Å²) in [6.45, 7) is 7.72. The summed E-state index contributed by atoms with van der Waals surface area (Å²) >= 11 is 0. The van der Waals surface area contributed by atoms with Crippen molar-refractivity contribution in [1.29, 1.82) is 0 Å². The molecular formula is C14H20N4O. The van der Waals surface area contributed by atoms with Gasteiger partial charge in [-0.05, 0) is 25.2 Å². The van der Waals surface area contributed by atoms with Crippen LogP contribution in [0.25, 0.3) is 11.0 Å². The van der Waals surface area contributed by atoms with Gasteiger partial charge in [-0.15, -0.1) is 0 Å². The topological polar surface area (TPSA) is 64.3 Å². The van der Waals surface area contributed by atoms with Crippen molar-refractivity contribution in [3.8, 4) is 5.88 Å². The molecule has 0 fully saturated rings. The zero-order chi connectivity index (χ0) is 13.7. The minimum atomic E-state index is 0.346. The summed E-state index contributed by atoms with van der Waals surface area (Å²) in [6.07, 6.45) is 0. The lowest BCUT2D eigenvalue weighted by molar-refractivity contribution is 0.219. The molecule has 5 nitrogen and oxygen atoms in total. The molecule has 0 radical (unpaired) electrons. The van der Waals surface area contributed by atoms with E-state index in [4.69, 9.17) is 10.5 Å². The van der Waals surface area contributed by atoms with E-state index < -0.39 is 0 Å². The highest BCUT2D eigenvalue weighted by Gasteiger charge is 2.07. The lowest BCUT2D eigenvalue weighted by atomic mass is 10.3. The maximum absolute atomic E-state index is 5.86. The number of para-hydroxylation sites is 2. The zero-order valence-corrected chi connectivity index (χ0v) is 11.5. The summed E-state index contributed by atoms with van der Waals surface area (Å²) in [5.41, 5.74) is 7.44. The number of nitrogen functional groups attached to an aromatic ring is 1. The Morgan fingerprint density at radius 3 is 2.37 bits per heavy atom. The number of nitrogens with two attached hydrogens (primary N) is 1. The highest BCUT2D eigenvalue weighted by Crippen LogP contribution is 2.20. The maximum Gasteiger partial charge on any atom is 0.257 e. The number of aromatic nitrogens is 2. The van der Waals surface area contributed by atoms with Crippen LogP contribution >= 0.6 is 0 Å². The summed E-state index contributed by atoms with van der Waals surface area (Å²) < 4.78 is 5.64. The van der Waals surface area contributed by atoms with E-state index >= 15 is 0 Å². The minimum Gasteiger partial charge on any atom is -0.474 e. The van der Waals surface area contributed by atoms with Crippen LogP contribution in [0.1, 0.15) is 13.8 Å². The van der Waals surface area contributed by atoms with Gasteiger partial charge in [0.15, 0.2) is 5.82 Å². The van der Waals surface area contributed by atoms with Crippen LogP contribution in [0.15, 0.2) is 24.3 Å². The molecule has 102 valence electrons. The molecular weight excluding hydrogens is 240 g/mol. The molecule has 5 heteroatoms. The fourth-order valence-corrected chi connectivity index (χ4v) is 1.91. The Hall–Kier alpha value is -1.88.